The molecule has 0 spiro atoms. The van der Waals surface area contributed by atoms with E-state index in [1.54, 1.807) is 6.92 Å². The minimum absolute atomic E-state index is 0.0819. The molecule has 10 heteroatoms. The Bertz CT molecular complexity index is 1140. The predicted molar refractivity (Wildman–Crippen MR) is 136 cm³/mol. The molecule has 1 unspecified atom stereocenters. The van der Waals surface area contributed by atoms with Crippen molar-refractivity contribution in [3.05, 3.63) is 59.2 Å². The van der Waals surface area contributed by atoms with E-state index in [4.69, 9.17) is 37.1 Å². The molecule has 2 heterocycles. The number of carbonyl (C=O) groups is 1. The van der Waals surface area contributed by atoms with Gasteiger partial charge in [0.1, 0.15) is 17.6 Å². The maximum absolute atomic E-state index is 12.8. The summed E-state index contributed by atoms with van der Waals surface area (Å²) in [5.41, 5.74) is 25.9. The van der Waals surface area contributed by atoms with Crippen molar-refractivity contribution >= 4 is 17.9 Å². The van der Waals surface area contributed by atoms with Crippen LogP contribution in [0.5, 0.6) is 11.5 Å². The number of nitrogens with zero attached hydrogens (tertiary/aromatic N) is 2. The summed E-state index contributed by atoms with van der Waals surface area (Å²) in [5, 5.41) is 0. The molecule has 0 aromatic heterocycles. The largest absolute Gasteiger partial charge is 0.490 e. The number of rotatable bonds is 7. The van der Waals surface area contributed by atoms with Gasteiger partial charge in [-0.25, -0.2) is 4.79 Å². The Labute approximate surface area is 211 Å². The molecular weight excluding hydrogens is 460 g/mol. The molecule has 2 aromatic rings. The summed E-state index contributed by atoms with van der Waals surface area (Å²) in [4.78, 5) is 12.8. The second kappa shape index (κ2) is 11.2. The summed E-state index contributed by atoms with van der Waals surface area (Å²) in [6.45, 7) is 4.92. The van der Waals surface area contributed by atoms with Crippen LogP contribution in [0.3, 0.4) is 0 Å². The lowest BCUT2D eigenvalue weighted by Crippen LogP contribution is -2.42. The van der Waals surface area contributed by atoms with Crippen molar-refractivity contribution in [2.75, 3.05) is 26.2 Å². The minimum Gasteiger partial charge on any atom is -0.490 e. The van der Waals surface area contributed by atoms with Crippen LogP contribution < -0.4 is 32.4 Å². The first-order valence-electron chi connectivity index (χ1n) is 12.3. The van der Waals surface area contributed by atoms with E-state index in [1.165, 1.54) is 5.56 Å². The first kappa shape index (κ1) is 25.2. The molecule has 8 N–H and O–H groups in total. The molecule has 0 radical (unpaired) electrons. The van der Waals surface area contributed by atoms with Gasteiger partial charge in [0.15, 0.2) is 0 Å². The highest BCUT2D eigenvalue weighted by atomic mass is 16.6. The third-order valence-corrected chi connectivity index (χ3v) is 6.60. The summed E-state index contributed by atoms with van der Waals surface area (Å²) in [5.74, 6) is 1.50. The predicted octanol–water partition coefficient (Wildman–Crippen LogP) is 0.539. The molecule has 4 rings (SSSR count). The van der Waals surface area contributed by atoms with E-state index < -0.39 is 12.1 Å². The van der Waals surface area contributed by atoms with Crippen LogP contribution in [0.15, 0.2) is 42.5 Å². The van der Waals surface area contributed by atoms with Crippen molar-refractivity contribution in [1.82, 2.24) is 0 Å². The summed E-state index contributed by atoms with van der Waals surface area (Å²) < 4.78 is 21.5. The lowest BCUT2D eigenvalue weighted by Gasteiger charge is -2.25. The van der Waals surface area contributed by atoms with Gasteiger partial charge in [0.25, 0.3) is 0 Å². The lowest BCUT2D eigenvalue weighted by molar-refractivity contribution is -0.549. The average Bonchev–Trinajstić information content (AvgIpc) is 2.88. The van der Waals surface area contributed by atoms with Crippen LogP contribution in [-0.2, 0) is 22.5 Å². The van der Waals surface area contributed by atoms with Gasteiger partial charge in [0, 0.05) is 24.8 Å². The van der Waals surface area contributed by atoms with Gasteiger partial charge in [-0.1, -0.05) is 18.2 Å². The minimum atomic E-state index is -0.908. The zero-order chi connectivity index (χ0) is 25.7. The highest BCUT2D eigenvalue weighted by Crippen LogP contribution is 2.29. The van der Waals surface area contributed by atoms with Crippen molar-refractivity contribution in [2.24, 2.45) is 22.9 Å². The molecule has 1 saturated heterocycles. The summed E-state index contributed by atoms with van der Waals surface area (Å²) >= 11 is 0. The molecule has 0 amide bonds. The van der Waals surface area contributed by atoms with Gasteiger partial charge in [0.2, 0.25) is 6.10 Å². The van der Waals surface area contributed by atoms with E-state index in [9.17, 15) is 4.79 Å². The van der Waals surface area contributed by atoms with E-state index >= 15 is 0 Å². The SMILES string of the molecule is CCOC(=O)C(Oc1ccc2c(c1)C[N+](=C(N)N)CC2)c1ccc(OC2CC[N+](=C(N)N)CC2)cc1. The molecule has 2 aromatic carbocycles. The Morgan fingerprint density at radius 3 is 2.22 bits per heavy atom. The van der Waals surface area contributed by atoms with Crippen LogP contribution in [-0.4, -0.2) is 59.4 Å². The molecule has 192 valence electrons. The molecule has 1 fully saturated rings. The summed E-state index contributed by atoms with van der Waals surface area (Å²) in [6, 6.07) is 13.2. The maximum atomic E-state index is 12.8. The van der Waals surface area contributed by atoms with E-state index in [1.807, 2.05) is 51.6 Å². The fourth-order valence-electron chi connectivity index (χ4n) is 4.58. The van der Waals surface area contributed by atoms with Crippen LogP contribution in [0.1, 0.15) is 42.6 Å². The van der Waals surface area contributed by atoms with Crippen molar-refractivity contribution in [1.29, 1.82) is 0 Å². The zero-order valence-electron chi connectivity index (χ0n) is 20.7. The topological polar surface area (TPSA) is 155 Å². The van der Waals surface area contributed by atoms with Crippen LogP contribution in [0.25, 0.3) is 0 Å². The Kier molecular flexibility index (Phi) is 7.82. The quantitative estimate of drug-likeness (QED) is 0.246. The van der Waals surface area contributed by atoms with Crippen LogP contribution in [0, 0.1) is 0 Å². The molecule has 2 aliphatic heterocycles. The van der Waals surface area contributed by atoms with E-state index in [0.717, 1.165) is 50.2 Å². The van der Waals surface area contributed by atoms with E-state index in [-0.39, 0.29) is 12.7 Å². The fraction of sp³-hybridized carbons (Fsp3) is 0.423. The number of ether oxygens (including phenoxy) is 3. The average molecular weight is 497 g/mol. The Hall–Kier alpha value is -3.95. The number of fused-ring (bicyclic) bond motifs is 1. The van der Waals surface area contributed by atoms with E-state index in [0.29, 0.717) is 29.8 Å². The van der Waals surface area contributed by atoms with Gasteiger partial charge in [-0.05, 0) is 42.3 Å². The number of hydrogen-bond donors (Lipinski definition) is 4. The number of carbonyl (C=O) groups excluding carboxylic acids is 1. The maximum Gasteiger partial charge on any atom is 0.352 e. The number of piperidine rings is 1. The van der Waals surface area contributed by atoms with Crippen molar-refractivity contribution < 1.29 is 28.2 Å². The highest BCUT2D eigenvalue weighted by molar-refractivity contribution is 5.77. The van der Waals surface area contributed by atoms with Gasteiger partial charge < -0.3 is 14.2 Å². The molecule has 0 bridgehead atoms. The third kappa shape index (κ3) is 5.99. The Morgan fingerprint density at radius 2 is 1.58 bits per heavy atom. The molecule has 2 aliphatic rings. The monoisotopic (exact) mass is 496 g/mol. The fourth-order valence-corrected chi connectivity index (χ4v) is 4.58. The van der Waals surface area contributed by atoms with Crippen molar-refractivity contribution in [3.8, 4) is 11.5 Å². The smallest absolute Gasteiger partial charge is 0.352 e. The lowest BCUT2D eigenvalue weighted by atomic mass is 10.0. The number of nitrogens with two attached hydrogens (primary N) is 4. The molecule has 0 saturated carbocycles. The van der Waals surface area contributed by atoms with Gasteiger partial charge in [0.05, 0.1) is 32.8 Å². The molecule has 0 aliphatic carbocycles. The van der Waals surface area contributed by atoms with E-state index in [2.05, 4.69) is 0 Å². The highest BCUT2D eigenvalue weighted by Gasteiger charge is 2.26. The summed E-state index contributed by atoms with van der Waals surface area (Å²) in [6.07, 6.45) is 1.68. The number of benzene rings is 2. The molecule has 10 nitrogen and oxygen atoms in total. The Morgan fingerprint density at radius 1 is 0.917 bits per heavy atom. The molecule has 1 atom stereocenters. The Balaban J connectivity index is 1.47. The van der Waals surface area contributed by atoms with Gasteiger partial charge in [-0.2, -0.15) is 0 Å². The van der Waals surface area contributed by atoms with Gasteiger partial charge >= 0.3 is 17.9 Å². The van der Waals surface area contributed by atoms with Gasteiger partial charge in [-0.3, -0.25) is 32.1 Å². The van der Waals surface area contributed by atoms with Crippen LogP contribution in [0.4, 0.5) is 0 Å². The van der Waals surface area contributed by atoms with Crippen LogP contribution >= 0.6 is 0 Å². The second-order valence-electron chi connectivity index (χ2n) is 9.08. The molecule has 36 heavy (non-hydrogen) atoms. The summed E-state index contributed by atoms with van der Waals surface area (Å²) in [7, 11) is 0. The second-order valence-corrected chi connectivity index (χ2v) is 9.08. The van der Waals surface area contributed by atoms with Crippen LogP contribution in [0.2, 0.25) is 0 Å². The normalized spacial score (nSPS) is 18.1. The zero-order valence-corrected chi connectivity index (χ0v) is 20.7. The first-order chi connectivity index (χ1) is 17.3. The van der Waals surface area contributed by atoms with Gasteiger partial charge in [-0.15, -0.1) is 0 Å². The third-order valence-electron chi connectivity index (χ3n) is 6.60. The standard InChI is InChI=1S/C26H34N6O4/c1-2-34-24(33)23(36-22-8-3-17-9-12-32(26(29)30)16-19(17)15-22)18-4-6-20(7-5-18)35-21-10-13-31(14-11-21)25(27)28/h3-8,15,21,23H,2,9-14,16H2,1H3,(H6,27,28,29,30)/p+2. The number of esters is 1. The number of hydrogen-bond acceptors (Lipinski definition) is 4. The van der Waals surface area contributed by atoms with Crippen molar-refractivity contribution in [2.45, 2.75) is 44.9 Å². The first-order valence-corrected chi connectivity index (χ1v) is 12.3. The molecular formula is C26H36N6O4+2. The van der Waals surface area contributed by atoms with Crippen molar-refractivity contribution in [3.63, 3.8) is 0 Å². The number of guanidine groups is 2.